The van der Waals surface area contributed by atoms with E-state index in [4.69, 9.17) is 39.3 Å². The van der Waals surface area contributed by atoms with Crippen molar-refractivity contribution in [3.63, 3.8) is 0 Å². The van der Waals surface area contributed by atoms with Gasteiger partial charge in [0.25, 0.3) is 0 Å². The molecule has 1 aromatic carbocycles. The number of methoxy groups -OCH3 is 1. The van der Waals surface area contributed by atoms with Crippen molar-refractivity contribution in [1.82, 2.24) is 4.57 Å². The predicted molar refractivity (Wildman–Crippen MR) is 83.2 cm³/mol. The smallest absolute Gasteiger partial charge is 0.357 e. The van der Waals surface area contributed by atoms with Gasteiger partial charge in [-0.05, 0) is 12.1 Å². The van der Waals surface area contributed by atoms with Gasteiger partial charge in [0, 0.05) is 6.20 Å². The Kier molecular flexibility index (Phi) is 4.50. The number of hydrogen-bond donors (Lipinski definition) is 2. The number of benzene rings is 1. The summed E-state index contributed by atoms with van der Waals surface area (Å²) in [7, 11) is 1.16. The Morgan fingerprint density at radius 2 is 2.00 bits per heavy atom. The summed E-state index contributed by atoms with van der Waals surface area (Å²) >= 11 is 12.1. The molecule has 7 nitrogen and oxygen atoms in total. The maximum Gasteiger partial charge on any atom is 0.357 e. The summed E-state index contributed by atoms with van der Waals surface area (Å²) in [5.74, 6) is -2.03. The number of esters is 1. The predicted octanol–water partition coefficient (Wildman–Crippen LogP) is 2.72. The molecule has 0 saturated carbocycles. The molecular weight excluding hydrogens is 345 g/mol. The zero-order valence-corrected chi connectivity index (χ0v) is 13.1. The highest BCUT2D eigenvalue weighted by Gasteiger charge is 2.24. The maximum absolute atomic E-state index is 11.9. The highest BCUT2D eigenvalue weighted by atomic mass is 35.5. The molecule has 0 aliphatic heterocycles. The first-order valence-electron chi connectivity index (χ1n) is 6.04. The van der Waals surface area contributed by atoms with Crippen LogP contribution in [0.4, 0.5) is 5.69 Å². The van der Waals surface area contributed by atoms with Gasteiger partial charge in [-0.2, -0.15) is 5.26 Å². The van der Waals surface area contributed by atoms with Crippen molar-refractivity contribution in [1.29, 1.82) is 5.26 Å². The van der Waals surface area contributed by atoms with Crippen molar-refractivity contribution >= 4 is 40.8 Å². The van der Waals surface area contributed by atoms with Crippen molar-refractivity contribution < 1.29 is 19.4 Å². The third kappa shape index (κ3) is 2.70. The lowest BCUT2D eigenvalue weighted by Crippen LogP contribution is -2.12. The molecule has 2 rings (SSSR count). The largest absolute Gasteiger partial charge is 0.478 e. The fourth-order valence-electron chi connectivity index (χ4n) is 2.00. The molecule has 9 heteroatoms. The number of carbonyl (C=O) groups is 2. The Bertz CT molecular complexity index is 868. The first-order chi connectivity index (χ1) is 10.8. The lowest BCUT2D eigenvalue weighted by molar-refractivity contribution is 0.0592. The van der Waals surface area contributed by atoms with Gasteiger partial charge in [-0.1, -0.05) is 23.2 Å². The lowest BCUT2D eigenvalue weighted by atomic mass is 10.2. The average molecular weight is 354 g/mol. The van der Waals surface area contributed by atoms with Crippen LogP contribution in [0.5, 0.6) is 0 Å². The molecule has 0 saturated heterocycles. The number of rotatable bonds is 3. The highest BCUT2D eigenvalue weighted by molar-refractivity contribution is 6.44. The van der Waals surface area contributed by atoms with Crippen molar-refractivity contribution in [3.8, 4) is 11.8 Å². The number of carboxylic acid groups (broad SMARTS) is 1. The SMILES string of the molecule is COC(=O)c1c(N)c(C#N)cn1-c1ccc(C(=O)O)c(Cl)c1Cl. The van der Waals surface area contributed by atoms with Gasteiger partial charge < -0.3 is 20.1 Å². The van der Waals surface area contributed by atoms with Crippen LogP contribution in [-0.2, 0) is 4.74 Å². The number of hydrogen-bond acceptors (Lipinski definition) is 5. The van der Waals surface area contributed by atoms with Crippen LogP contribution in [0, 0.1) is 11.3 Å². The van der Waals surface area contributed by atoms with E-state index in [1.807, 2.05) is 6.07 Å². The quantitative estimate of drug-likeness (QED) is 0.818. The van der Waals surface area contributed by atoms with E-state index in [-0.39, 0.29) is 38.2 Å². The fraction of sp³-hybridized carbons (Fsp3) is 0.0714. The number of anilines is 1. The minimum atomic E-state index is -1.25. The van der Waals surface area contributed by atoms with Gasteiger partial charge in [-0.25, -0.2) is 9.59 Å². The van der Waals surface area contributed by atoms with Gasteiger partial charge >= 0.3 is 11.9 Å². The van der Waals surface area contributed by atoms with Gasteiger partial charge in [-0.15, -0.1) is 0 Å². The molecule has 0 fully saturated rings. The summed E-state index contributed by atoms with van der Waals surface area (Å²) < 4.78 is 5.89. The molecule has 1 aromatic heterocycles. The Morgan fingerprint density at radius 1 is 1.35 bits per heavy atom. The van der Waals surface area contributed by atoms with Crippen LogP contribution in [0.3, 0.4) is 0 Å². The Balaban J connectivity index is 2.78. The van der Waals surface area contributed by atoms with Gasteiger partial charge in [0.2, 0.25) is 0 Å². The summed E-state index contributed by atoms with van der Waals surface area (Å²) in [6.07, 6.45) is 1.29. The normalized spacial score (nSPS) is 10.2. The maximum atomic E-state index is 11.9. The Labute approximate surface area is 140 Å². The molecule has 0 bridgehead atoms. The minimum Gasteiger partial charge on any atom is -0.478 e. The Morgan fingerprint density at radius 3 is 2.52 bits per heavy atom. The molecule has 1 heterocycles. The molecule has 0 atom stereocenters. The number of aromatic carboxylic acids is 1. The van der Waals surface area contributed by atoms with Crippen LogP contribution < -0.4 is 5.73 Å². The molecule has 0 radical (unpaired) electrons. The summed E-state index contributed by atoms with van der Waals surface area (Å²) in [5, 5.41) is 17.8. The second-order valence-corrected chi connectivity index (χ2v) is 5.10. The molecule has 23 heavy (non-hydrogen) atoms. The number of nitrogens with zero attached hydrogens (tertiary/aromatic N) is 2. The van der Waals surface area contributed by atoms with Gasteiger partial charge in [0.15, 0.2) is 5.69 Å². The minimum absolute atomic E-state index is 0.0416. The number of halogens is 2. The first-order valence-corrected chi connectivity index (χ1v) is 6.80. The third-order valence-corrected chi connectivity index (χ3v) is 3.97. The van der Waals surface area contributed by atoms with E-state index in [0.29, 0.717) is 0 Å². The van der Waals surface area contributed by atoms with E-state index >= 15 is 0 Å². The van der Waals surface area contributed by atoms with Gasteiger partial charge in [0.05, 0.1) is 39.7 Å². The zero-order valence-electron chi connectivity index (χ0n) is 11.6. The second kappa shape index (κ2) is 6.20. The number of nitrogen functional groups attached to an aromatic ring is 1. The van der Waals surface area contributed by atoms with Gasteiger partial charge in [-0.3, -0.25) is 0 Å². The average Bonchev–Trinajstić information content (AvgIpc) is 2.85. The number of ether oxygens (including phenoxy) is 1. The van der Waals surface area contributed by atoms with Crippen LogP contribution in [0.2, 0.25) is 10.0 Å². The molecule has 0 aliphatic carbocycles. The monoisotopic (exact) mass is 353 g/mol. The zero-order chi connectivity index (χ0) is 17.3. The van der Waals surface area contributed by atoms with Crippen LogP contribution in [0.1, 0.15) is 26.4 Å². The summed E-state index contributed by atoms with van der Waals surface area (Å²) in [6, 6.07) is 4.43. The first kappa shape index (κ1) is 16.7. The van der Waals surface area contributed by atoms with E-state index in [2.05, 4.69) is 4.74 Å². The summed E-state index contributed by atoms with van der Waals surface area (Å²) in [5.41, 5.74) is 5.64. The second-order valence-electron chi connectivity index (χ2n) is 4.34. The van der Waals surface area contributed by atoms with Crippen molar-refractivity contribution in [2.45, 2.75) is 0 Å². The molecule has 0 amide bonds. The number of carboxylic acids is 1. The molecule has 2 aromatic rings. The summed E-state index contributed by atoms with van der Waals surface area (Å²) in [4.78, 5) is 23.0. The van der Waals surface area contributed by atoms with E-state index in [9.17, 15) is 9.59 Å². The molecule has 3 N–H and O–H groups in total. The van der Waals surface area contributed by atoms with Crippen LogP contribution >= 0.6 is 23.2 Å². The van der Waals surface area contributed by atoms with Crippen molar-refractivity contribution in [2.75, 3.05) is 12.8 Å². The number of nitriles is 1. The van der Waals surface area contributed by atoms with Crippen LogP contribution in [-0.4, -0.2) is 28.7 Å². The standard InChI is InChI=1S/C14H9Cl2N3O4/c1-23-14(22)12-11(18)6(4-17)5-19(12)8-3-2-7(13(20)21)9(15)10(8)16/h2-3,5H,18H2,1H3,(H,20,21). The highest BCUT2D eigenvalue weighted by Crippen LogP contribution is 2.35. The number of carbonyl (C=O) groups excluding carboxylic acids is 1. The third-order valence-electron chi connectivity index (χ3n) is 3.10. The fourth-order valence-corrected chi connectivity index (χ4v) is 2.49. The lowest BCUT2D eigenvalue weighted by Gasteiger charge is -2.12. The number of aromatic nitrogens is 1. The number of nitrogens with two attached hydrogens (primary N) is 1. The van der Waals surface area contributed by atoms with E-state index < -0.39 is 11.9 Å². The van der Waals surface area contributed by atoms with Crippen LogP contribution in [0.15, 0.2) is 18.3 Å². The molecular formula is C14H9Cl2N3O4. The molecule has 118 valence electrons. The van der Waals surface area contributed by atoms with Crippen molar-refractivity contribution in [3.05, 3.63) is 45.2 Å². The molecule has 0 spiro atoms. The van der Waals surface area contributed by atoms with Gasteiger partial charge in [0.1, 0.15) is 6.07 Å². The van der Waals surface area contributed by atoms with Crippen LogP contribution in [0.25, 0.3) is 5.69 Å². The molecule has 0 aliphatic rings. The summed E-state index contributed by atoms with van der Waals surface area (Å²) in [6.45, 7) is 0. The topological polar surface area (TPSA) is 118 Å². The van der Waals surface area contributed by atoms with Crippen molar-refractivity contribution in [2.24, 2.45) is 0 Å². The Hall–Kier alpha value is -2.69. The molecule has 0 unspecified atom stereocenters. The van der Waals surface area contributed by atoms with E-state index in [1.165, 1.54) is 22.9 Å². The van der Waals surface area contributed by atoms with E-state index in [1.54, 1.807) is 0 Å². The van der Waals surface area contributed by atoms with E-state index in [0.717, 1.165) is 7.11 Å².